The molecule has 23 heavy (non-hydrogen) atoms. The summed E-state index contributed by atoms with van der Waals surface area (Å²) in [6.45, 7) is 4.44. The first kappa shape index (κ1) is 15.3. The number of amides is 1. The molecular weight excluding hydrogens is 294 g/mol. The Labute approximate surface area is 134 Å². The molecule has 0 unspecified atom stereocenters. The summed E-state index contributed by atoms with van der Waals surface area (Å²) in [6.07, 6.45) is 0.829. The summed E-state index contributed by atoms with van der Waals surface area (Å²) in [4.78, 5) is 26.0. The van der Waals surface area contributed by atoms with Gasteiger partial charge in [-0.25, -0.2) is 4.79 Å². The number of aryl methyl sites for hydroxylation is 2. The van der Waals surface area contributed by atoms with Crippen molar-refractivity contribution in [1.29, 1.82) is 0 Å². The van der Waals surface area contributed by atoms with Gasteiger partial charge in [0, 0.05) is 13.1 Å². The average Bonchev–Trinajstić information content (AvgIpc) is 2.90. The molecule has 0 spiro atoms. The number of esters is 1. The van der Waals surface area contributed by atoms with E-state index in [0.29, 0.717) is 30.2 Å². The Morgan fingerprint density at radius 2 is 1.96 bits per heavy atom. The Bertz CT molecular complexity index is 747. The highest BCUT2D eigenvalue weighted by atomic mass is 16.5. The van der Waals surface area contributed by atoms with Crippen molar-refractivity contribution in [3.8, 4) is 0 Å². The molecule has 0 N–H and O–H groups in total. The third-order valence-corrected chi connectivity index (χ3v) is 4.07. The third-order valence-electron chi connectivity index (χ3n) is 4.07. The van der Waals surface area contributed by atoms with Crippen molar-refractivity contribution in [2.45, 2.75) is 26.8 Å². The lowest BCUT2D eigenvalue weighted by molar-refractivity contribution is -0.135. The smallest absolute Gasteiger partial charge is 0.342 e. The first-order valence-corrected chi connectivity index (χ1v) is 7.63. The van der Waals surface area contributed by atoms with Gasteiger partial charge in [-0.15, -0.1) is 0 Å². The predicted octanol–water partition coefficient (Wildman–Crippen LogP) is 2.64. The Morgan fingerprint density at radius 3 is 2.65 bits per heavy atom. The minimum absolute atomic E-state index is 0.175. The number of benzene rings is 1. The minimum Gasteiger partial charge on any atom is -0.466 e. The zero-order valence-corrected chi connectivity index (χ0v) is 13.3. The summed E-state index contributed by atoms with van der Waals surface area (Å²) in [5.74, 6) is 0.455. The molecule has 0 aliphatic carbocycles. The number of fused-ring (bicyclic) bond motifs is 1. The molecule has 2 aromatic rings. The number of carbonyl (C=O) groups excluding carboxylic acids is 2. The molecular formula is C18H19NO4. The average molecular weight is 313 g/mol. The van der Waals surface area contributed by atoms with E-state index in [-0.39, 0.29) is 12.5 Å². The second-order valence-corrected chi connectivity index (χ2v) is 5.74. The maximum absolute atomic E-state index is 12.3. The Hall–Kier alpha value is -2.56. The highest BCUT2D eigenvalue weighted by Gasteiger charge is 2.22. The fourth-order valence-electron chi connectivity index (χ4n) is 2.84. The van der Waals surface area contributed by atoms with Gasteiger partial charge in [-0.2, -0.15) is 0 Å². The second kappa shape index (κ2) is 6.28. The fourth-order valence-corrected chi connectivity index (χ4v) is 2.84. The topological polar surface area (TPSA) is 59.8 Å². The van der Waals surface area contributed by atoms with Gasteiger partial charge in [-0.3, -0.25) is 4.79 Å². The van der Waals surface area contributed by atoms with Crippen LogP contribution in [0.5, 0.6) is 0 Å². The Morgan fingerprint density at radius 1 is 1.22 bits per heavy atom. The largest absolute Gasteiger partial charge is 0.466 e. The van der Waals surface area contributed by atoms with Crippen molar-refractivity contribution < 1.29 is 18.7 Å². The highest BCUT2D eigenvalue weighted by molar-refractivity contribution is 5.92. The Kier molecular flexibility index (Phi) is 4.19. The molecule has 0 saturated carbocycles. The van der Waals surface area contributed by atoms with Gasteiger partial charge in [0.15, 0.2) is 6.61 Å². The molecule has 2 heterocycles. The predicted molar refractivity (Wildman–Crippen MR) is 84.0 cm³/mol. The van der Waals surface area contributed by atoms with E-state index in [1.807, 2.05) is 18.2 Å². The summed E-state index contributed by atoms with van der Waals surface area (Å²) in [5, 5.41) is 0. The second-order valence-electron chi connectivity index (χ2n) is 5.74. The van der Waals surface area contributed by atoms with Crippen molar-refractivity contribution in [3.63, 3.8) is 0 Å². The molecule has 3 rings (SSSR count). The maximum Gasteiger partial charge on any atom is 0.342 e. The van der Waals surface area contributed by atoms with Crippen molar-refractivity contribution in [2.24, 2.45) is 0 Å². The molecule has 1 aromatic carbocycles. The fraction of sp³-hybridized carbons (Fsp3) is 0.333. The van der Waals surface area contributed by atoms with Gasteiger partial charge in [-0.05, 0) is 37.5 Å². The van der Waals surface area contributed by atoms with Gasteiger partial charge in [0.1, 0.15) is 17.1 Å². The number of hydrogen-bond donors (Lipinski definition) is 0. The van der Waals surface area contributed by atoms with Crippen molar-refractivity contribution in [2.75, 3.05) is 13.2 Å². The van der Waals surface area contributed by atoms with Gasteiger partial charge in [0.25, 0.3) is 5.91 Å². The SMILES string of the molecule is Cc1cc(C(=O)OCC(=O)N2CCc3ccccc3C2)c(C)o1. The summed E-state index contributed by atoms with van der Waals surface area (Å²) in [5.41, 5.74) is 2.80. The van der Waals surface area contributed by atoms with Crippen LogP contribution in [-0.2, 0) is 22.5 Å². The third kappa shape index (κ3) is 3.28. The van der Waals surface area contributed by atoms with Gasteiger partial charge in [-0.1, -0.05) is 24.3 Å². The number of carbonyl (C=O) groups is 2. The van der Waals surface area contributed by atoms with Crippen molar-refractivity contribution >= 4 is 11.9 Å². The zero-order valence-electron chi connectivity index (χ0n) is 13.3. The van der Waals surface area contributed by atoms with Crippen molar-refractivity contribution in [3.05, 3.63) is 58.5 Å². The molecule has 5 nitrogen and oxygen atoms in total. The van der Waals surface area contributed by atoms with E-state index < -0.39 is 5.97 Å². The molecule has 120 valence electrons. The Balaban J connectivity index is 1.58. The van der Waals surface area contributed by atoms with Crippen molar-refractivity contribution in [1.82, 2.24) is 4.90 Å². The van der Waals surface area contributed by atoms with E-state index in [2.05, 4.69) is 6.07 Å². The van der Waals surface area contributed by atoms with E-state index in [4.69, 9.17) is 9.15 Å². The summed E-state index contributed by atoms with van der Waals surface area (Å²) >= 11 is 0. The molecule has 1 aliphatic rings. The van der Waals surface area contributed by atoms with Crippen LogP contribution in [0.1, 0.15) is 33.0 Å². The first-order chi connectivity index (χ1) is 11.0. The quantitative estimate of drug-likeness (QED) is 0.817. The van der Waals surface area contributed by atoms with Gasteiger partial charge >= 0.3 is 5.97 Å². The summed E-state index contributed by atoms with van der Waals surface area (Å²) in [7, 11) is 0. The van der Waals surface area contributed by atoms with E-state index in [9.17, 15) is 9.59 Å². The van der Waals surface area contributed by atoms with E-state index >= 15 is 0 Å². The van der Waals surface area contributed by atoms with Gasteiger partial charge in [0.2, 0.25) is 0 Å². The van der Waals surface area contributed by atoms with E-state index in [1.165, 1.54) is 5.56 Å². The lowest BCUT2D eigenvalue weighted by Gasteiger charge is -2.28. The number of nitrogens with zero attached hydrogens (tertiary/aromatic N) is 1. The summed E-state index contributed by atoms with van der Waals surface area (Å²) in [6, 6.07) is 9.71. The monoisotopic (exact) mass is 313 g/mol. The molecule has 0 bridgehead atoms. The number of ether oxygens (including phenoxy) is 1. The highest BCUT2D eigenvalue weighted by Crippen LogP contribution is 2.19. The lowest BCUT2D eigenvalue weighted by atomic mass is 10.00. The molecule has 0 fully saturated rings. The summed E-state index contributed by atoms with van der Waals surface area (Å²) < 4.78 is 10.4. The molecule has 5 heteroatoms. The van der Waals surface area contributed by atoms with Gasteiger partial charge < -0.3 is 14.1 Å². The van der Waals surface area contributed by atoms with Crippen LogP contribution in [0.15, 0.2) is 34.7 Å². The van der Waals surface area contributed by atoms with Gasteiger partial charge in [0.05, 0.1) is 0 Å². The molecule has 1 aromatic heterocycles. The zero-order chi connectivity index (χ0) is 16.4. The van der Waals surface area contributed by atoms with Crippen LogP contribution in [0, 0.1) is 13.8 Å². The van der Waals surface area contributed by atoms with Crippen LogP contribution in [0.25, 0.3) is 0 Å². The number of furan rings is 1. The van der Waals surface area contributed by atoms with Crippen LogP contribution < -0.4 is 0 Å². The van der Waals surface area contributed by atoms with Crippen LogP contribution in [0.3, 0.4) is 0 Å². The molecule has 1 amide bonds. The normalized spacial score (nSPS) is 13.6. The minimum atomic E-state index is -0.523. The number of hydrogen-bond acceptors (Lipinski definition) is 4. The lowest BCUT2D eigenvalue weighted by Crippen LogP contribution is -2.38. The molecule has 1 aliphatic heterocycles. The van der Waals surface area contributed by atoms with E-state index in [0.717, 1.165) is 12.0 Å². The molecule has 0 atom stereocenters. The molecule has 0 saturated heterocycles. The molecule has 0 radical (unpaired) electrons. The van der Waals surface area contributed by atoms with Crippen LogP contribution in [0.4, 0.5) is 0 Å². The standard InChI is InChI=1S/C18H19NO4/c1-12-9-16(13(2)23-12)18(21)22-11-17(20)19-8-7-14-5-3-4-6-15(14)10-19/h3-6,9H,7-8,10-11H2,1-2H3. The maximum atomic E-state index is 12.3. The van der Waals surface area contributed by atoms with Crippen LogP contribution in [0.2, 0.25) is 0 Å². The van der Waals surface area contributed by atoms with Crippen LogP contribution >= 0.6 is 0 Å². The first-order valence-electron chi connectivity index (χ1n) is 7.63. The number of rotatable bonds is 3. The van der Waals surface area contributed by atoms with E-state index in [1.54, 1.807) is 24.8 Å². The van der Waals surface area contributed by atoms with Crippen LogP contribution in [-0.4, -0.2) is 29.9 Å².